The molecule has 3 aromatic carbocycles. The van der Waals surface area contributed by atoms with Crippen molar-refractivity contribution in [2.45, 2.75) is 0 Å². The number of fused-ring (bicyclic) bond motifs is 1. The standard InChI is InChI=1S/C17H15NO/c1-19-17-8-5-12(6-9-17)13-2-3-15-11-16(18)7-4-14(15)10-13/h2-11H,18H2,1H3. The predicted octanol–water partition coefficient (Wildman–Crippen LogP) is 4.10. The molecule has 0 radical (unpaired) electrons. The van der Waals surface area contributed by atoms with Crippen LogP contribution in [-0.2, 0) is 0 Å². The summed E-state index contributed by atoms with van der Waals surface area (Å²) >= 11 is 0. The van der Waals surface area contributed by atoms with Crippen molar-refractivity contribution < 1.29 is 4.74 Å². The molecule has 0 fully saturated rings. The molecule has 0 saturated carbocycles. The largest absolute Gasteiger partial charge is 0.497 e. The fraction of sp³-hybridized carbons (Fsp3) is 0.0588. The van der Waals surface area contributed by atoms with E-state index in [1.54, 1.807) is 7.11 Å². The highest BCUT2D eigenvalue weighted by atomic mass is 16.5. The molecule has 0 aromatic heterocycles. The van der Waals surface area contributed by atoms with Gasteiger partial charge in [-0.15, -0.1) is 0 Å². The van der Waals surface area contributed by atoms with Crippen LogP contribution < -0.4 is 10.5 Å². The molecule has 0 atom stereocenters. The first-order valence-electron chi connectivity index (χ1n) is 6.20. The summed E-state index contributed by atoms with van der Waals surface area (Å²) < 4.78 is 5.17. The maximum Gasteiger partial charge on any atom is 0.118 e. The zero-order valence-electron chi connectivity index (χ0n) is 10.8. The summed E-state index contributed by atoms with van der Waals surface area (Å²) in [6.45, 7) is 0. The molecule has 2 N–H and O–H groups in total. The smallest absolute Gasteiger partial charge is 0.118 e. The van der Waals surface area contributed by atoms with Crippen LogP contribution >= 0.6 is 0 Å². The zero-order chi connectivity index (χ0) is 13.2. The Morgan fingerprint density at radius 2 is 1.37 bits per heavy atom. The molecule has 2 nitrogen and oxygen atoms in total. The van der Waals surface area contributed by atoms with Crippen LogP contribution in [0.25, 0.3) is 21.9 Å². The lowest BCUT2D eigenvalue weighted by molar-refractivity contribution is 0.415. The van der Waals surface area contributed by atoms with Gasteiger partial charge in [0.15, 0.2) is 0 Å². The zero-order valence-corrected chi connectivity index (χ0v) is 10.8. The molecule has 94 valence electrons. The number of nitrogens with two attached hydrogens (primary N) is 1. The molecule has 2 heteroatoms. The van der Waals surface area contributed by atoms with Gasteiger partial charge < -0.3 is 10.5 Å². The molecule has 0 heterocycles. The number of rotatable bonds is 2. The summed E-state index contributed by atoms with van der Waals surface area (Å²) in [4.78, 5) is 0. The number of ether oxygens (including phenoxy) is 1. The highest BCUT2D eigenvalue weighted by Gasteiger charge is 2.01. The van der Waals surface area contributed by atoms with Gasteiger partial charge in [-0.05, 0) is 52.2 Å². The van der Waals surface area contributed by atoms with E-state index in [1.807, 2.05) is 24.3 Å². The monoisotopic (exact) mass is 249 g/mol. The van der Waals surface area contributed by atoms with Gasteiger partial charge in [0.2, 0.25) is 0 Å². The van der Waals surface area contributed by atoms with E-state index in [0.29, 0.717) is 0 Å². The molecule has 0 unspecified atom stereocenters. The molecule has 0 aliphatic heterocycles. The van der Waals surface area contributed by atoms with Crippen molar-refractivity contribution in [2.24, 2.45) is 0 Å². The highest BCUT2D eigenvalue weighted by molar-refractivity contribution is 5.89. The van der Waals surface area contributed by atoms with E-state index in [4.69, 9.17) is 10.5 Å². The Labute approximate surface area is 112 Å². The van der Waals surface area contributed by atoms with Crippen molar-refractivity contribution in [3.05, 3.63) is 60.7 Å². The second-order valence-electron chi connectivity index (χ2n) is 4.55. The number of anilines is 1. The van der Waals surface area contributed by atoms with Crippen molar-refractivity contribution in [3.8, 4) is 16.9 Å². The first-order valence-corrected chi connectivity index (χ1v) is 6.20. The molecule has 3 rings (SSSR count). The first-order chi connectivity index (χ1) is 9.26. The number of nitrogen functional groups attached to an aromatic ring is 1. The average molecular weight is 249 g/mol. The second-order valence-corrected chi connectivity index (χ2v) is 4.55. The Morgan fingerprint density at radius 3 is 2.11 bits per heavy atom. The fourth-order valence-corrected chi connectivity index (χ4v) is 2.23. The Balaban J connectivity index is 2.06. The second kappa shape index (κ2) is 4.65. The van der Waals surface area contributed by atoms with Crippen LogP contribution in [0, 0.1) is 0 Å². The summed E-state index contributed by atoms with van der Waals surface area (Å²) in [5.74, 6) is 0.873. The third kappa shape index (κ3) is 2.25. The molecular formula is C17H15NO. The van der Waals surface area contributed by atoms with E-state index >= 15 is 0 Å². The van der Waals surface area contributed by atoms with Gasteiger partial charge in [-0.2, -0.15) is 0 Å². The van der Waals surface area contributed by atoms with Gasteiger partial charge in [-0.25, -0.2) is 0 Å². The van der Waals surface area contributed by atoms with E-state index in [9.17, 15) is 0 Å². The summed E-state index contributed by atoms with van der Waals surface area (Å²) in [5, 5.41) is 2.36. The Kier molecular flexibility index (Phi) is 2.84. The maximum absolute atomic E-state index is 5.79. The Bertz CT molecular complexity index is 717. The van der Waals surface area contributed by atoms with Crippen LogP contribution in [0.3, 0.4) is 0 Å². The first kappa shape index (κ1) is 11.6. The minimum absolute atomic E-state index is 0.796. The molecule has 0 bridgehead atoms. The minimum Gasteiger partial charge on any atom is -0.497 e. The van der Waals surface area contributed by atoms with Crippen LogP contribution in [0.1, 0.15) is 0 Å². The highest BCUT2D eigenvalue weighted by Crippen LogP contribution is 2.27. The summed E-state index contributed by atoms with van der Waals surface area (Å²) in [6, 6.07) is 20.5. The predicted molar refractivity (Wildman–Crippen MR) is 80.3 cm³/mol. The Morgan fingerprint density at radius 1 is 0.737 bits per heavy atom. The lowest BCUT2D eigenvalue weighted by Gasteiger charge is -2.06. The van der Waals surface area contributed by atoms with Crippen molar-refractivity contribution in [1.82, 2.24) is 0 Å². The molecule has 0 amide bonds. The van der Waals surface area contributed by atoms with Crippen molar-refractivity contribution >= 4 is 16.5 Å². The van der Waals surface area contributed by atoms with E-state index < -0.39 is 0 Å². The molecule has 0 aliphatic carbocycles. The van der Waals surface area contributed by atoms with Gasteiger partial charge in [0.1, 0.15) is 5.75 Å². The van der Waals surface area contributed by atoms with Gasteiger partial charge in [-0.3, -0.25) is 0 Å². The molecule has 3 aromatic rings. The third-order valence-electron chi connectivity index (χ3n) is 3.29. The maximum atomic E-state index is 5.79. The lowest BCUT2D eigenvalue weighted by Crippen LogP contribution is -1.85. The minimum atomic E-state index is 0.796. The van der Waals surface area contributed by atoms with E-state index in [2.05, 4.69) is 36.4 Å². The number of hydrogen-bond acceptors (Lipinski definition) is 2. The van der Waals surface area contributed by atoms with Crippen molar-refractivity contribution in [1.29, 1.82) is 0 Å². The third-order valence-corrected chi connectivity index (χ3v) is 3.29. The molecule has 0 saturated heterocycles. The van der Waals surface area contributed by atoms with E-state index in [1.165, 1.54) is 16.5 Å². The van der Waals surface area contributed by atoms with E-state index in [0.717, 1.165) is 16.8 Å². The molecular weight excluding hydrogens is 234 g/mol. The average Bonchev–Trinajstić information content (AvgIpc) is 2.47. The van der Waals surface area contributed by atoms with E-state index in [-0.39, 0.29) is 0 Å². The summed E-state index contributed by atoms with van der Waals surface area (Å²) in [7, 11) is 1.68. The lowest BCUT2D eigenvalue weighted by atomic mass is 10.0. The number of benzene rings is 3. The number of hydrogen-bond donors (Lipinski definition) is 1. The molecule has 0 spiro atoms. The van der Waals surface area contributed by atoms with Gasteiger partial charge in [0.05, 0.1) is 7.11 Å². The number of methoxy groups -OCH3 is 1. The van der Waals surface area contributed by atoms with Gasteiger partial charge in [0, 0.05) is 5.69 Å². The van der Waals surface area contributed by atoms with Crippen LogP contribution in [0.4, 0.5) is 5.69 Å². The van der Waals surface area contributed by atoms with Gasteiger partial charge >= 0.3 is 0 Å². The normalized spacial score (nSPS) is 10.6. The van der Waals surface area contributed by atoms with Crippen molar-refractivity contribution in [2.75, 3.05) is 12.8 Å². The summed E-state index contributed by atoms with van der Waals surface area (Å²) in [5.41, 5.74) is 8.96. The van der Waals surface area contributed by atoms with Crippen LogP contribution in [-0.4, -0.2) is 7.11 Å². The SMILES string of the molecule is COc1ccc(-c2ccc3cc(N)ccc3c2)cc1. The molecule has 19 heavy (non-hydrogen) atoms. The fourth-order valence-electron chi connectivity index (χ4n) is 2.23. The van der Waals surface area contributed by atoms with Gasteiger partial charge in [-0.1, -0.05) is 30.3 Å². The molecule has 0 aliphatic rings. The van der Waals surface area contributed by atoms with Crippen LogP contribution in [0.15, 0.2) is 60.7 Å². The van der Waals surface area contributed by atoms with Crippen LogP contribution in [0.5, 0.6) is 5.75 Å². The topological polar surface area (TPSA) is 35.2 Å². The summed E-state index contributed by atoms with van der Waals surface area (Å²) in [6.07, 6.45) is 0. The Hall–Kier alpha value is -2.48. The quantitative estimate of drug-likeness (QED) is 0.694. The van der Waals surface area contributed by atoms with Crippen molar-refractivity contribution in [3.63, 3.8) is 0 Å². The van der Waals surface area contributed by atoms with Gasteiger partial charge in [0.25, 0.3) is 0 Å². The van der Waals surface area contributed by atoms with Crippen LogP contribution in [0.2, 0.25) is 0 Å².